The first-order chi connectivity index (χ1) is 25.0. The second-order valence-corrected chi connectivity index (χ2v) is 15.8. The molecule has 0 radical (unpaired) electrons. The molecular weight excluding hydrogens is 695 g/mol. The van der Waals surface area contributed by atoms with Gasteiger partial charge < -0.3 is 39.4 Å². The maximum atomic E-state index is 19.0. The molecule has 1 heterocycles. The number of rotatable bonds is 13. The molecule has 5 aliphatic rings. The van der Waals surface area contributed by atoms with Gasteiger partial charge in [0.1, 0.15) is 30.5 Å². The summed E-state index contributed by atoms with van der Waals surface area (Å²) in [6.45, 7) is 6.81. The zero-order chi connectivity index (χ0) is 39.1. The number of carbonyl (C=O) groups is 5. The Morgan fingerprint density at radius 1 is 0.981 bits per heavy atom. The zero-order valence-electron chi connectivity index (χ0n) is 31.3. The van der Waals surface area contributed by atoms with Crippen LogP contribution in [0.2, 0.25) is 0 Å². The SMILES string of the molecule is CCCCC(=O)O[C@H]1C[C@@]2(CC3O[C@H](CO)[C@@H](O)[C@H](O)[C@H]3O)[C@@H](C[C@H](C)[C@]2(OC(=O)CC)C(=O)COC(=O)CC)[C@@H]2CCC3=CC(=O)C=C[C@]3(C)C12F. The number of Topliss-reactive ketones (excluding diaryl/α,β-unsaturated/α-hetero) is 1. The molecule has 3 saturated carbocycles. The number of carbonyl (C=O) groups excluding carboxylic acids is 5. The number of fused-ring (bicyclic) bond motifs is 5. The highest BCUT2D eigenvalue weighted by Crippen LogP contribution is 2.73. The number of hydrogen-bond donors (Lipinski definition) is 4. The van der Waals surface area contributed by atoms with Crippen molar-refractivity contribution in [3.63, 3.8) is 0 Å². The van der Waals surface area contributed by atoms with Gasteiger partial charge in [0.25, 0.3) is 0 Å². The minimum Gasteiger partial charge on any atom is -0.459 e. The third kappa shape index (κ3) is 6.59. The fourth-order valence-corrected chi connectivity index (χ4v) is 10.5. The third-order valence-electron chi connectivity index (χ3n) is 13.1. The average molecular weight is 751 g/mol. The van der Waals surface area contributed by atoms with E-state index in [1.807, 2.05) is 6.92 Å². The normalized spacial score (nSPS) is 41.7. The summed E-state index contributed by atoms with van der Waals surface area (Å²) in [5.41, 5.74) is -7.02. The van der Waals surface area contributed by atoms with Crippen LogP contribution in [0.3, 0.4) is 0 Å². The second kappa shape index (κ2) is 15.6. The Morgan fingerprint density at radius 3 is 2.30 bits per heavy atom. The molecule has 296 valence electrons. The standard InChI is InChI=1S/C39H55FO13/c1-6-9-10-32(46)52-29-18-37(17-26-33(47)35(49)34(48)27(19-41)51-26)25(24-12-11-22-16-23(42)13-14-36(22,5)38(24,29)40)15-21(4)39(37,53-31(45)8-3)28(43)20-50-30(44)7-2/h13-14,16,21,24-27,29,33-35,41,47-49H,6-12,15,17-20H2,1-5H3/t21-,24-,25-,26?,27+,29-,33-,34+,35+,36-,37-,38?,39-/m0/s1. The van der Waals surface area contributed by atoms with Gasteiger partial charge in [0, 0.05) is 41.9 Å². The monoisotopic (exact) mass is 750 g/mol. The first-order valence-electron chi connectivity index (χ1n) is 19.0. The van der Waals surface area contributed by atoms with E-state index in [-0.39, 0.29) is 44.3 Å². The first kappa shape index (κ1) is 41.1. The Hall–Kier alpha value is -3.04. The van der Waals surface area contributed by atoms with Crippen LogP contribution in [0.1, 0.15) is 98.8 Å². The minimum absolute atomic E-state index is 0.0249. The molecule has 4 aliphatic carbocycles. The number of esters is 3. The van der Waals surface area contributed by atoms with Gasteiger partial charge >= 0.3 is 17.9 Å². The van der Waals surface area contributed by atoms with Crippen LogP contribution >= 0.6 is 0 Å². The molecule has 2 unspecified atom stereocenters. The van der Waals surface area contributed by atoms with Gasteiger partial charge in [-0.15, -0.1) is 0 Å². The van der Waals surface area contributed by atoms with E-state index in [2.05, 4.69) is 0 Å². The van der Waals surface area contributed by atoms with Crippen molar-refractivity contribution in [2.75, 3.05) is 13.2 Å². The van der Waals surface area contributed by atoms with E-state index < -0.39 is 120 Å². The molecule has 0 aromatic carbocycles. The first-order valence-corrected chi connectivity index (χ1v) is 19.0. The molecule has 13 nitrogen and oxygen atoms in total. The van der Waals surface area contributed by atoms with Crippen molar-refractivity contribution >= 4 is 29.5 Å². The van der Waals surface area contributed by atoms with Crippen molar-refractivity contribution in [1.29, 1.82) is 0 Å². The van der Waals surface area contributed by atoms with E-state index in [1.54, 1.807) is 20.8 Å². The summed E-state index contributed by atoms with van der Waals surface area (Å²) < 4.78 is 42.8. The topological polar surface area (TPSA) is 203 Å². The molecule has 4 fully saturated rings. The Kier molecular flexibility index (Phi) is 12.1. The highest BCUT2D eigenvalue weighted by Gasteiger charge is 2.80. The molecule has 0 amide bonds. The van der Waals surface area contributed by atoms with Crippen molar-refractivity contribution < 1.29 is 67.7 Å². The summed E-state index contributed by atoms with van der Waals surface area (Å²) in [5.74, 6) is -5.84. The third-order valence-corrected chi connectivity index (χ3v) is 13.1. The smallest absolute Gasteiger partial charge is 0.306 e. The van der Waals surface area contributed by atoms with Gasteiger partial charge in [-0.25, -0.2) is 4.39 Å². The quantitative estimate of drug-likeness (QED) is 0.158. The number of alkyl halides is 1. The van der Waals surface area contributed by atoms with Gasteiger partial charge in [0.05, 0.1) is 12.7 Å². The van der Waals surface area contributed by atoms with E-state index in [1.165, 1.54) is 25.2 Å². The van der Waals surface area contributed by atoms with Gasteiger partial charge in [-0.1, -0.05) is 45.8 Å². The molecule has 13 atom stereocenters. The van der Waals surface area contributed by atoms with Crippen molar-refractivity contribution in [2.45, 2.75) is 147 Å². The summed E-state index contributed by atoms with van der Waals surface area (Å²) in [4.78, 5) is 66.9. The Morgan fingerprint density at radius 2 is 1.66 bits per heavy atom. The highest BCUT2D eigenvalue weighted by atomic mass is 19.1. The van der Waals surface area contributed by atoms with Crippen molar-refractivity contribution in [1.82, 2.24) is 0 Å². The number of ether oxygens (including phenoxy) is 4. The average Bonchev–Trinajstić information content (AvgIpc) is 3.37. The molecule has 1 saturated heterocycles. The van der Waals surface area contributed by atoms with E-state index in [0.717, 1.165) is 0 Å². The molecule has 0 aromatic rings. The van der Waals surface area contributed by atoms with E-state index in [4.69, 9.17) is 18.9 Å². The van der Waals surface area contributed by atoms with Crippen LogP contribution in [0.25, 0.3) is 0 Å². The van der Waals surface area contributed by atoms with Crippen molar-refractivity contribution in [2.24, 2.45) is 28.6 Å². The lowest BCUT2D eigenvalue weighted by Gasteiger charge is -2.64. The summed E-state index contributed by atoms with van der Waals surface area (Å²) in [7, 11) is 0. The molecule has 4 N–H and O–H groups in total. The molecule has 0 bridgehead atoms. The molecule has 14 heteroatoms. The van der Waals surface area contributed by atoms with Crippen molar-refractivity contribution in [3.8, 4) is 0 Å². The lowest BCUT2D eigenvalue weighted by Crippen LogP contribution is -2.72. The second-order valence-electron chi connectivity index (χ2n) is 15.8. The van der Waals surface area contributed by atoms with Crippen LogP contribution in [0.5, 0.6) is 0 Å². The summed E-state index contributed by atoms with van der Waals surface area (Å²) in [6.07, 6.45) is -4.63. The number of aliphatic hydroxyl groups excluding tert-OH is 4. The number of allylic oxidation sites excluding steroid dienone is 4. The maximum Gasteiger partial charge on any atom is 0.306 e. The highest BCUT2D eigenvalue weighted by molar-refractivity contribution is 6.01. The largest absolute Gasteiger partial charge is 0.459 e. The van der Waals surface area contributed by atoms with E-state index >= 15 is 4.39 Å². The Bertz CT molecular complexity index is 1510. The predicted octanol–water partition coefficient (Wildman–Crippen LogP) is 2.77. The maximum absolute atomic E-state index is 19.0. The predicted molar refractivity (Wildman–Crippen MR) is 184 cm³/mol. The van der Waals surface area contributed by atoms with E-state index in [0.29, 0.717) is 24.8 Å². The summed E-state index contributed by atoms with van der Waals surface area (Å²) in [6, 6.07) is 0. The van der Waals surface area contributed by atoms with Crippen molar-refractivity contribution in [3.05, 3.63) is 23.8 Å². The van der Waals surface area contributed by atoms with E-state index in [9.17, 15) is 44.4 Å². The van der Waals surface area contributed by atoms with Gasteiger partial charge in [-0.2, -0.15) is 0 Å². The van der Waals surface area contributed by atoms with Crippen LogP contribution in [0.4, 0.5) is 4.39 Å². The van der Waals surface area contributed by atoms with Crippen LogP contribution in [0.15, 0.2) is 23.8 Å². The Labute approximate surface area is 309 Å². The van der Waals surface area contributed by atoms with Crippen LogP contribution < -0.4 is 0 Å². The number of aliphatic hydroxyl groups is 4. The summed E-state index contributed by atoms with van der Waals surface area (Å²) >= 11 is 0. The number of hydrogen-bond acceptors (Lipinski definition) is 13. The fraction of sp³-hybridized carbons (Fsp3) is 0.769. The number of unbranched alkanes of at least 4 members (excludes halogenated alkanes) is 1. The molecule has 53 heavy (non-hydrogen) atoms. The zero-order valence-corrected chi connectivity index (χ0v) is 31.3. The lowest BCUT2D eigenvalue weighted by atomic mass is 9.43. The molecule has 0 aromatic heterocycles. The van der Waals surface area contributed by atoms with Crippen LogP contribution in [0, 0.1) is 28.6 Å². The van der Waals surface area contributed by atoms with Crippen LogP contribution in [-0.2, 0) is 42.9 Å². The lowest BCUT2D eigenvalue weighted by molar-refractivity contribution is -0.268. The Balaban J connectivity index is 1.77. The molecule has 5 rings (SSSR count). The fourth-order valence-electron chi connectivity index (χ4n) is 10.5. The number of halogens is 1. The van der Waals surface area contributed by atoms with Gasteiger partial charge in [-0.05, 0) is 63.5 Å². The summed E-state index contributed by atoms with van der Waals surface area (Å²) in [5, 5.41) is 43.0. The minimum atomic E-state index is -2.33. The molecule has 0 spiro atoms. The van der Waals surface area contributed by atoms with Crippen LogP contribution in [-0.4, -0.2) is 111 Å². The molecular formula is C39H55FO13. The van der Waals surface area contributed by atoms with Gasteiger partial charge in [0.15, 0.2) is 23.7 Å². The molecule has 1 aliphatic heterocycles. The van der Waals surface area contributed by atoms with Gasteiger partial charge in [0.2, 0.25) is 5.78 Å². The van der Waals surface area contributed by atoms with Gasteiger partial charge in [-0.3, -0.25) is 24.0 Å². The number of ketones is 2.